The van der Waals surface area contributed by atoms with Crippen molar-refractivity contribution in [2.45, 2.75) is 0 Å². The van der Waals surface area contributed by atoms with Crippen LogP contribution >= 0.6 is 27.5 Å². The summed E-state index contributed by atoms with van der Waals surface area (Å²) in [6, 6.07) is 11.6. The van der Waals surface area contributed by atoms with Crippen molar-refractivity contribution in [1.29, 1.82) is 0 Å². The predicted octanol–water partition coefficient (Wildman–Crippen LogP) is 3.81. The van der Waals surface area contributed by atoms with E-state index in [9.17, 15) is 0 Å². The van der Waals surface area contributed by atoms with Gasteiger partial charge in [-0.2, -0.15) is 0 Å². The van der Waals surface area contributed by atoms with Crippen LogP contribution in [0.4, 0.5) is 0 Å². The Labute approximate surface area is 111 Å². The molecule has 3 nitrogen and oxygen atoms in total. The number of rotatable bonds is 1. The highest BCUT2D eigenvalue weighted by Gasteiger charge is 2.08. The molecule has 0 spiro atoms. The molecule has 0 saturated carbocycles. The molecule has 0 aliphatic rings. The second kappa shape index (κ2) is 4.13. The van der Waals surface area contributed by atoms with Crippen molar-refractivity contribution in [2.75, 3.05) is 0 Å². The lowest BCUT2D eigenvalue weighted by molar-refractivity contribution is 1.11. The van der Waals surface area contributed by atoms with Gasteiger partial charge in [0.1, 0.15) is 0 Å². The smallest absolute Gasteiger partial charge is 0.168 e. The first kappa shape index (κ1) is 10.7. The molecule has 84 valence electrons. The number of benzene rings is 1. The number of halogens is 2. The normalized spacial score (nSPS) is 10.9. The third-order valence-corrected chi connectivity index (χ3v) is 3.17. The Morgan fingerprint density at radius 3 is 2.82 bits per heavy atom. The molecule has 0 fully saturated rings. The average molecular weight is 309 g/mol. The van der Waals surface area contributed by atoms with Crippen LogP contribution in [0.5, 0.6) is 0 Å². The van der Waals surface area contributed by atoms with Crippen LogP contribution < -0.4 is 0 Å². The quantitative estimate of drug-likeness (QED) is 0.684. The van der Waals surface area contributed by atoms with Gasteiger partial charge in [0.15, 0.2) is 11.5 Å². The molecule has 0 N–H and O–H groups in total. The SMILES string of the molecule is Clc1ccc2nnc(-c3cccc(Br)c3)n2c1. The molecule has 0 aliphatic carbocycles. The van der Waals surface area contributed by atoms with Crippen LogP contribution in [0.1, 0.15) is 0 Å². The number of nitrogens with zero attached hydrogens (tertiary/aromatic N) is 3. The van der Waals surface area contributed by atoms with Crippen molar-refractivity contribution in [1.82, 2.24) is 14.6 Å². The minimum absolute atomic E-state index is 0.661. The van der Waals surface area contributed by atoms with Crippen LogP contribution in [0.15, 0.2) is 47.1 Å². The van der Waals surface area contributed by atoms with Crippen LogP contribution in [-0.2, 0) is 0 Å². The van der Waals surface area contributed by atoms with Gasteiger partial charge in [-0.1, -0.05) is 39.7 Å². The van der Waals surface area contributed by atoms with Crippen molar-refractivity contribution >= 4 is 33.2 Å². The fraction of sp³-hybridized carbons (Fsp3) is 0. The highest BCUT2D eigenvalue weighted by atomic mass is 79.9. The summed E-state index contributed by atoms with van der Waals surface area (Å²) in [6.07, 6.45) is 1.81. The lowest BCUT2D eigenvalue weighted by atomic mass is 10.2. The molecule has 5 heteroatoms. The van der Waals surface area contributed by atoms with Gasteiger partial charge in [-0.3, -0.25) is 4.40 Å². The summed E-state index contributed by atoms with van der Waals surface area (Å²) in [4.78, 5) is 0. The summed E-state index contributed by atoms with van der Waals surface area (Å²) in [5, 5.41) is 8.95. The van der Waals surface area contributed by atoms with Crippen molar-refractivity contribution < 1.29 is 0 Å². The van der Waals surface area contributed by atoms with Gasteiger partial charge in [-0.25, -0.2) is 0 Å². The van der Waals surface area contributed by atoms with Gasteiger partial charge in [0.25, 0.3) is 0 Å². The summed E-state index contributed by atoms with van der Waals surface area (Å²) >= 11 is 9.42. The molecule has 0 unspecified atom stereocenters. The van der Waals surface area contributed by atoms with Crippen molar-refractivity contribution in [3.05, 3.63) is 52.1 Å². The Morgan fingerprint density at radius 1 is 1.12 bits per heavy atom. The van der Waals surface area contributed by atoms with Crippen LogP contribution in [0.25, 0.3) is 17.0 Å². The largest absolute Gasteiger partial charge is 0.281 e. The van der Waals surface area contributed by atoms with E-state index in [1.54, 1.807) is 6.07 Å². The Bertz CT molecular complexity index is 693. The average Bonchev–Trinajstić information content (AvgIpc) is 2.71. The molecule has 0 aliphatic heterocycles. The number of aromatic nitrogens is 3. The Morgan fingerprint density at radius 2 is 2.00 bits per heavy atom. The molecule has 0 bridgehead atoms. The minimum Gasteiger partial charge on any atom is -0.281 e. The Kier molecular flexibility index (Phi) is 2.61. The second-order valence-electron chi connectivity index (χ2n) is 3.61. The zero-order chi connectivity index (χ0) is 11.8. The maximum absolute atomic E-state index is 5.98. The molecule has 1 aromatic carbocycles. The van der Waals surface area contributed by atoms with Crippen LogP contribution in [0, 0.1) is 0 Å². The van der Waals surface area contributed by atoms with E-state index in [0.717, 1.165) is 21.5 Å². The lowest BCUT2D eigenvalue weighted by Gasteiger charge is -2.00. The summed E-state index contributed by atoms with van der Waals surface area (Å²) < 4.78 is 2.89. The van der Waals surface area contributed by atoms with Crippen LogP contribution in [0.3, 0.4) is 0 Å². The van der Waals surface area contributed by atoms with Gasteiger partial charge in [-0.15, -0.1) is 10.2 Å². The van der Waals surface area contributed by atoms with E-state index >= 15 is 0 Å². The monoisotopic (exact) mass is 307 g/mol. The highest BCUT2D eigenvalue weighted by molar-refractivity contribution is 9.10. The molecule has 17 heavy (non-hydrogen) atoms. The fourth-order valence-electron chi connectivity index (χ4n) is 1.69. The number of fused-ring (bicyclic) bond motifs is 1. The molecule has 3 aromatic rings. The molecular formula is C12H7BrClN3. The van der Waals surface area contributed by atoms with E-state index in [1.165, 1.54) is 0 Å². The van der Waals surface area contributed by atoms with Gasteiger partial charge in [0, 0.05) is 16.2 Å². The van der Waals surface area contributed by atoms with E-state index in [-0.39, 0.29) is 0 Å². The van der Waals surface area contributed by atoms with Gasteiger partial charge >= 0.3 is 0 Å². The Balaban J connectivity index is 2.27. The predicted molar refractivity (Wildman–Crippen MR) is 71.1 cm³/mol. The fourth-order valence-corrected chi connectivity index (χ4v) is 2.25. The van der Waals surface area contributed by atoms with E-state index in [4.69, 9.17) is 11.6 Å². The maximum atomic E-state index is 5.98. The number of hydrogen-bond acceptors (Lipinski definition) is 2. The van der Waals surface area contributed by atoms with Gasteiger partial charge in [0.2, 0.25) is 0 Å². The molecule has 0 radical (unpaired) electrons. The van der Waals surface area contributed by atoms with Crippen LogP contribution in [-0.4, -0.2) is 14.6 Å². The first-order chi connectivity index (χ1) is 8.24. The number of pyridine rings is 1. The van der Waals surface area contributed by atoms with Gasteiger partial charge in [0.05, 0.1) is 5.02 Å². The standard InChI is InChI=1S/C12H7BrClN3/c13-9-3-1-2-8(6-9)12-16-15-11-5-4-10(14)7-17(11)12/h1-7H. The van der Waals surface area contributed by atoms with Gasteiger partial charge in [-0.05, 0) is 24.3 Å². The van der Waals surface area contributed by atoms with Crippen molar-refractivity contribution in [3.63, 3.8) is 0 Å². The van der Waals surface area contributed by atoms with E-state index < -0.39 is 0 Å². The first-order valence-corrected chi connectivity index (χ1v) is 6.17. The molecule has 0 atom stereocenters. The molecule has 0 saturated heterocycles. The minimum atomic E-state index is 0.661. The first-order valence-electron chi connectivity index (χ1n) is 5.00. The zero-order valence-corrected chi connectivity index (χ0v) is 11.0. The third kappa shape index (κ3) is 1.94. The van der Waals surface area contributed by atoms with E-state index in [0.29, 0.717) is 5.02 Å². The van der Waals surface area contributed by atoms with Crippen LogP contribution in [0.2, 0.25) is 5.02 Å². The number of hydrogen-bond donors (Lipinski definition) is 0. The molecular weight excluding hydrogens is 302 g/mol. The molecule has 2 aromatic heterocycles. The second-order valence-corrected chi connectivity index (χ2v) is 4.96. The summed E-state index contributed by atoms with van der Waals surface area (Å²) in [5.74, 6) is 0.781. The van der Waals surface area contributed by atoms with Crippen molar-refractivity contribution in [2.24, 2.45) is 0 Å². The summed E-state index contributed by atoms with van der Waals surface area (Å²) in [5.41, 5.74) is 1.78. The topological polar surface area (TPSA) is 30.2 Å². The molecule has 2 heterocycles. The summed E-state index contributed by atoms with van der Waals surface area (Å²) in [6.45, 7) is 0. The van der Waals surface area contributed by atoms with E-state index in [1.807, 2.05) is 40.9 Å². The van der Waals surface area contributed by atoms with Gasteiger partial charge < -0.3 is 0 Å². The summed E-state index contributed by atoms with van der Waals surface area (Å²) in [7, 11) is 0. The third-order valence-electron chi connectivity index (χ3n) is 2.45. The lowest BCUT2D eigenvalue weighted by Crippen LogP contribution is -1.89. The molecule has 3 rings (SSSR count). The molecule has 0 amide bonds. The zero-order valence-electron chi connectivity index (χ0n) is 8.64. The van der Waals surface area contributed by atoms with E-state index in [2.05, 4.69) is 26.1 Å². The maximum Gasteiger partial charge on any atom is 0.168 e. The van der Waals surface area contributed by atoms with Crippen molar-refractivity contribution in [3.8, 4) is 11.4 Å². The highest BCUT2D eigenvalue weighted by Crippen LogP contribution is 2.23. The Hall–Kier alpha value is -1.39.